The van der Waals surface area contributed by atoms with Crippen LogP contribution in [-0.4, -0.2) is 32.4 Å². The van der Waals surface area contributed by atoms with Gasteiger partial charge < -0.3 is 16.2 Å². The van der Waals surface area contributed by atoms with Crippen molar-refractivity contribution < 1.29 is 14.3 Å². The molecule has 1 amide bonds. The number of halogens is 1. The number of carbonyl (C=O) groups is 1. The van der Waals surface area contributed by atoms with Crippen LogP contribution in [0.2, 0.25) is 0 Å². The van der Waals surface area contributed by atoms with Gasteiger partial charge in [0.25, 0.3) is 0 Å². The van der Waals surface area contributed by atoms with Crippen molar-refractivity contribution >= 4 is 11.9 Å². The number of rotatable bonds is 5. The summed E-state index contributed by atoms with van der Waals surface area (Å²) in [5.41, 5.74) is 6.17. The lowest BCUT2D eigenvalue weighted by molar-refractivity contribution is -0.121. The van der Waals surface area contributed by atoms with Gasteiger partial charge >= 0.3 is 0 Å². The van der Waals surface area contributed by atoms with Gasteiger partial charge in [-0.3, -0.25) is 4.79 Å². The van der Waals surface area contributed by atoms with E-state index in [0.717, 1.165) is 0 Å². The zero-order chi connectivity index (χ0) is 17.3. The lowest BCUT2D eigenvalue weighted by Crippen LogP contribution is -2.40. The number of fused-ring (bicyclic) bond motifs is 1. The number of aliphatic hydroxyl groups excluding tert-OH is 1. The number of aromatic nitrogens is 3. The normalized spacial score (nSPS) is 19.7. The number of anilines is 1. The van der Waals surface area contributed by atoms with Crippen LogP contribution in [0.3, 0.4) is 0 Å². The van der Waals surface area contributed by atoms with Gasteiger partial charge in [0.15, 0.2) is 5.82 Å². The summed E-state index contributed by atoms with van der Waals surface area (Å²) >= 11 is 0. The Balaban J connectivity index is 2.12. The fraction of sp³-hybridized carbons (Fsp3) is 0.312. The monoisotopic (exact) mass is 331 g/mol. The average molecular weight is 331 g/mol. The van der Waals surface area contributed by atoms with Crippen molar-refractivity contribution in [2.24, 2.45) is 11.7 Å². The van der Waals surface area contributed by atoms with Crippen molar-refractivity contribution in [1.29, 1.82) is 0 Å². The molecule has 0 saturated carbocycles. The number of nitrogens with one attached hydrogen (secondary N) is 1. The molecule has 2 heterocycles. The number of benzene rings is 1. The minimum absolute atomic E-state index is 0.0185. The van der Waals surface area contributed by atoms with Crippen molar-refractivity contribution in [2.45, 2.75) is 18.9 Å². The Labute approximate surface area is 138 Å². The summed E-state index contributed by atoms with van der Waals surface area (Å²) in [5, 5.41) is 16.2. The molecule has 0 bridgehead atoms. The largest absolute Gasteiger partial charge is 0.396 e. The van der Waals surface area contributed by atoms with Crippen molar-refractivity contribution in [1.82, 2.24) is 14.8 Å². The van der Waals surface area contributed by atoms with Crippen LogP contribution >= 0.6 is 0 Å². The summed E-state index contributed by atoms with van der Waals surface area (Å²) < 4.78 is 15.8. The number of nitrogens with zero attached hydrogens (tertiary/aromatic N) is 3. The minimum atomic E-state index is -0.859. The van der Waals surface area contributed by atoms with Crippen LogP contribution < -0.4 is 11.1 Å². The van der Waals surface area contributed by atoms with E-state index in [2.05, 4.69) is 22.0 Å². The number of amides is 1. The van der Waals surface area contributed by atoms with E-state index in [4.69, 9.17) is 10.8 Å². The van der Waals surface area contributed by atoms with E-state index < -0.39 is 23.7 Å². The number of primary amides is 1. The molecule has 2 aromatic rings. The third kappa shape index (κ3) is 2.76. The summed E-state index contributed by atoms with van der Waals surface area (Å²) in [4.78, 5) is 16.3. The molecule has 4 N–H and O–H groups in total. The van der Waals surface area contributed by atoms with Gasteiger partial charge in [0.05, 0.1) is 0 Å². The molecule has 3 rings (SSSR count). The summed E-state index contributed by atoms with van der Waals surface area (Å²) in [6.45, 7) is 3.86. The van der Waals surface area contributed by atoms with Crippen molar-refractivity contribution in [3.05, 3.63) is 53.7 Å². The number of carbonyl (C=O) groups excluding carboxylic acids is 1. The van der Waals surface area contributed by atoms with E-state index in [0.29, 0.717) is 35.9 Å². The molecular formula is C16H18FN5O2. The average Bonchev–Trinajstić information content (AvgIpc) is 2.94. The Kier molecular flexibility index (Phi) is 4.30. The maximum absolute atomic E-state index is 14.3. The zero-order valence-electron chi connectivity index (χ0n) is 12.9. The molecule has 0 saturated heterocycles. The zero-order valence-corrected chi connectivity index (χ0v) is 12.9. The molecule has 0 aliphatic carbocycles. The van der Waals surface area contributed by atoms with Crippen LogP contribution in [-0.2, 0) is 11.2 Å². The highest BCUT2D eigenvalue weighted by Crippen LogP contribution is 2.38. The van der Waals surface area contributed by atoms with Crippen LogP contribution in [0, 0.1) is 11.7 Å². The highest BCUT2D eigenvalue weighted by atomic mass is 19.1. The Hall–Kier alpha value is -2.74. The second kappa shape index (κ2) is 6.40. The number of hydrogen-bond donors (Lipinski definition) is 3. The molecule has 8 heteroatoms. The molecule has 0 spiro atoms. The first-order chi connectivity index (χ1) is 11.5. The molecule has 24 heavy (non-hydrogen) atoms. The van der Waals surface area contributed by atoms with Crippen molar-refractivity contribution in [3.8, 4) is 0 Å². The number of aryl methyl sites for hydroxylation is 1. The minimum Gasteiger partial charge on any atom is -0.396 e. The standard InChI is InChI=1S/C16H18FN5O2/c1-9-13(15(18)24)14(10-5-2-3-6-11(10)17)22-16(19-9)20-12(21-22)7-4-8-23/h2-3,5-6,13-14,23H,1,4,7-8H2,(H2,18,24)(H,19,20,21)/t13-,14-/m1/s1. The topological polar surface area (TPSA) is 106 Å². The molecule has 0 radical (unpaired) electrons. The first kappa shape index (κ1) is 16.1. The first-order valence-electron chi connectivity index (χ1n) is 7.58. The van der Waals surface area contributed by atoms with E-state index in [9.17, 15) is 9.18 Å². The Morgan fingerprint density at radius 3 is 2.88 bits per heavy atom. The van der Waals surface area contributed by atoms with E-state index in [1.807, 2.05) is 0 Å². The molecular weight excluding hydrogens is 313 g/mol. The Morgan fingerprint density at radius 2 is 2.21 bits per heavy atom. The SMILES string of the molecule is C=C1Nc2nc(CCCO)nn2[C@H](c2ccccc2F)[C@@H]1C(N)=O. The number of nitrogens with two attached hydrogens (primary N) is 1. The maximum Gasteiger partial charge on any atom is 0.229 e. The third-order valence-electron chi connectivity index (χ3n) is 3.99. The second-order valence-corrected chi connectivity index (χ2v) is 5.62. The van der Waals surface area contributed by atoms with Crippen LogP contribution in [0.15, 0.2) is 36.5 Å². The predicted octanol–water partition coefficient (Wildman–Crippen LogP) is 0.972. The van der Waals surface area contributed by atoms with E-state index in [1.54, 1.807) is 18.2 Å². The van der Waals surface area contributed by atoms with E-state index in [1.165, 1.54) is 10.7 Å². The summed E-state index contributed by atoms with van der Waals surface area (Å²) in [6, 6.07) is 5.41. The maximum atomic E-state index is 14.3. The quantitative estimate of drug-likeness (QED) is 0.757. The number of aliphatic hydroxyl groups is 1. The van der Waals surface area contributed by atoms with E-state index >= 15 is 0 Å². The van der Waals surface area contributed by atoms with E-state index in [-0.39, 0.29) is 6.61 Å². The Morgan fingerprint density at radius 1 is 1.46 bits per heavy atom. The molecule has 0 fully saturated rings. The van der Waals surface area contributed by atoms with Crippen LogP contribution in [0.5, 0.6) is 0 Å². The lowest BCUT2D eigenvalue weighted by atomic mass is 9.88. The van der Waals surface area contributed by atoms with Crippen LogP contribution in [0.4, 0.5) is 10.3 Å². The molecule has 1 aromatic carbocycles. The molecule has 7 nitrogen and oxygen atoms in total. The van der Waals surface area contributed by atoms with Gasteiger partial charge in [0.1, 0.15) is 17.8 Å². The lowest BCUT2D eigenvalue weighted by Gasteiger charge is -2.32. The van der Waals surface area contributed by atoms with Gasteiger partial charge in [0.2, 0.25) is 11.9 Å². The molecule has 126 valence electrons. The fourth-order valence-corrected chi connectivity index (χ4v) is 2.90. The molecule has 1 aromatic heterocycles. The molecule has 1 aliphatic rings. The highest BCUT2D eigenvalue weighted by molar-refractivity contribution is 5.82. The van der Waals surface area contributed by atoms with Crippen LogP contribution in [0.1, 0.15) is 23.9 Å². The van der Waals surface area contributed by atoms with Gasteiger partial charge in [-0.05, 0) is 12.5 Å². The molecule has 2 atom stereocenters. The van der Waals surface area contributed by atoms with Gasteiger partial charge in [-0.15, -0.1) is 0 Å². The number of hydrogen-bond acceptors (Lipinski definition) is 5. The van der Waals surface area contributed by atoms with Gasteiger partial charge in [0, 0.05) is 24.3 Å². The smallest absolute Gasteiger partial charge is 0.229 e. The first-order valence-corrected chi connectivity index (χ1v) is 7.58. The highest BCUT2D eigenvalue weighted by Gasteiger charge is 2.40. The predicted molar refractivity (Wildman–Crippen MR) is 85.4 cm³/mol. The second-order valence-electron chi connectivity index (χ2n) is 5.62. The van der Waals surface area contributed by atoms with Crippen molar-refractivity contribution in [3.63, 3.8) is 0 Å². The third-order valence-corrected chi connectivity index (χ3v) is 3.99. The Bertz CT molecular complexity index is 789. The fourth-order valence-electron chi connectivity index (χ4n) is 2.90. The van der Waals surface area contributed by atoms with Gasteiger partial charge in [-0.2, -0.15) is 10.1 Å². The van der Waals surface area contributed by atoms with Crippen molar-refractivity contribution in [2.75, 3.05) is 11.9 Å². The summed E-state index contributed by atoms with van der Waals surface area (Å²) in [5.74, 6) is -1.08. The summed E-state index contributed by atoms with van der Waals surface area (Å²) in [6.07, 6.45) is 0.976. The van der Waals surface area contributed by atoms with Crippen LogP contribution in [0.25, 0.3) is 0 Å². The molecule has 0 unspecified atom stereocenters. The van der Waals surface area contributed by atoms with Gasteiger partial charge in [-0.1, -0.05) is 24.8 Å². The summed E-state index contributed by atoms with van der Waals surface area (Å²) in [7, 11) is 0. The molecule has 1 aliphatic heterocycles. The van der Waals surface area contributed by atoms with Gasteiger partial charge in [-0.25, -0.2) is 9.07 Å².